The number of nitrogens with one attached hydrogen (secondary N) is 1. The van der Waals surface area contributed by atoms with Crippen LogP contribution < -0.4 is 5.32 Å². The maximum Gasteiger partial charge on any atom is 0.182 e. The molecule has 0 fully saturated rings. The number of aryl methyl sites for hydroxylation is 2. The number of anilines is 1. The number of nitrogens with zero attached hydrogens (tertiary/aromatic N) is 3. The molecule has 0 aliphatic carbocycles. The Morgan fingerprint density at radius 1 is 1.53 bits per heavy atom. The first kappa shape index (κ1) is 10.2. The minimum absolute atomic E-state index is 0.901. The second-order valence-electron chi connectivity index (χ2n) is 3.49. The summed E-state index contributed by atoms with van der Waals surface area (Å²) in [6.45, 7) is 2.90. The van der Waals surface area contributed by atoms with Crippen molar-refractivity contribution in [1.82, 2.24) is 14.8 Å². The Morgan fingerprint density at radius 2 is 2.40 bits per heavy atom. The van der Waals surface area contributed by atoms with Crippen molar-refractivity contribution in [2.24, 2.45) is 7.05 Å². The standard InChI is InChI=1S/C10H14N4S/c1-8-7-15-10(13-8)11-4-3-9-5-12-14(2)6-9/h5-7H,3-4H2,1-2H3,(H,11,13). The molecular weight excluding hydrogens is 208 g/mol. The summed E-state index contributed by atoms with van der Waals surface area (Å²) in [7, 11) is 1.93. The maximum absolute atomic E-state index is 4.33. The highest BCUT2D eigenvalue weighted by molar-refractivity contribution is 7.13. The lowest BCUT2D eigenvalue weighted by Crippen LogP contribution is -2.03. The van der Waals surface area contributed by atoms with Gasteiger partial charge in [-0.3, -0.25) is 4.68 Å². The fraction of sp³-hybridized carbons (Fsp3) is 0.400. The number of aromatic nitrogens is 3. The molecule has 0 amide bonds. The molecule has 2 heterocycles. The van der Waals surface area contributed by atoms with E-state index in [0.29, 0.717) is 0 Å². The Bertz CT molecular complexity index is 392. The molecule has 2 rings (SSSR count). The van der Waals surface area contributed by atoms with Crippen molar-refractivity contribution in [3.63, 3.8) is 0 Å². The first-order chi connectivity index (χ1) is 7.24. The fourth-order valence-electron chi connectivity index (χ4n) is 1.35. The molecule has 0 saturated carbocycles. The number of rotatable bonds is 4. The Balaban J connectivity index is 1.80. The van der Waals surface area contributed by atoms with Crippen molar-refractivity contribution < 1.29 is 0 Å². The highest BCUT2D eigenvalue weighted by Gasteiger charge is 1.98. The lowest BCUT2D eigenvalue weighted by atomic mass is 10.2. The van der Waals surface area contributed by atoms with Crippen LogP contribution in [0.2, 0.25) is 0 Å². The van der Waals surface area contributed by atoms with Crippen molar-refractivity contribution >= 4 is 16.5 Å². The summed E-state index contributed by atoms with van der Waals surface area (Å²) in [5.74, 6) is 0. The zero-order chi connectivity index (χ0) is 10.7. The zero-order valence-corrected chi connectivity index (χ0v) is 9.71. The molecule has 2 aromatic rings. The van der Waals surface area contributed by atoms with Crippen molar-refractivity contribution in [2.75, 3.05) is 11.9 Å². The average Bonchev–Trinajstić information content (AvgIpc) is 2.76. The summed E-state index contributed by atoms with van der Waals surface area (Å²) in [6, 6.07) is 0. The summed E-state index contributed by atoms with van der Waals surface area (Å²) in [5.41, 5.74) is 2.32. The maximum atomic E-state index is 4.33. The van der Waals surface area contributed by atoms with Crippen LogP contribution in [0.3, 0.4) is 0 Å². The van der Waals surface area contributed by atoms with Gasteiger partial charge in [0.15, 0.2) is 5.13 Å². The Morgan fingerprint density at radius 3 is 3.00 bits per heavy atom. The molecule has 0 spiro atoms. The Labute approximate surface area is 93.0 Å². The van der Waals surface area contributed by atoms with Gasteiger partial charge in [0.2, 0.25) is 0 Å². The molecule has 0 aliphatic rings. The molecule has 0 saturated heterocycles. The monoisotopic (exact) mass is 222 g/mol. The van der Waals surface area contributed by atoms with Crippen LogP contribution in [0.25, 0.3) is 0 Å². The molecule has 0 aromatic carbocycles. The molecular formula is C10H14N4S. The van der Waals surface area contributed by atoms with Gasteiger partial charge in [-0.05, 0) is 18.9 Å². The summed E-state index contributed by atoms with van der Waals surface area (Å²) in [4.78, 5) is 4.33. The van der Waals surface area contributed by atoms with Gasteiger partial charge >= 0.3 is 0 Å². The summed E-state index contributed by atoms with van der Waals surface area (Å²) < 4.78 is 1.82. The largest absolute Gasteiger partial charge is 0.361 e. The minimum Gasteiger partial charge on any atom is -0.361 e. The van der Waals surface area contributed by atoms with Gasteiger partial charge in [0.25, 0.3) is 0 Å². The summed E-state index contributed by atoms with van der Waals surface area (Å²) >= 11 is 1.65. The van der Waals surface area contributed by atoms with Crippen LogP contribution in [0.5, 0.6) is 0 Å². The molecule has 5 heteroatoms. The minimum atomic E-state index is 0.901. The van der Waals surface area contributed by atoms with Gasteiger partial charge in [0.1, 0.15) is 0 Å². The van der Waals surface area contributed by atoms with Gasteiger partial charge < -0.3 is 5.32 Å². The van der Waals surface area contributed by atoms with Crippen molar-refractivity contribution in [2.45, 2.75) is 13.3 Å². The number of thiazole rings is 1. The van der Waals surface area contributed by atoms with Crippen LogP contribution in [0.1, 0.15) is 11.3 Å². The number of hydrogen-bond acceptors (Lipinski definition) is 4. The van der Waals surface area contributed by atoms with E-state index in [-0.39, 0.29) is 0 Å². The topological polar surface area (TPSA) is 42.7 Å². The van der Waals surface area contributed by atoms with Crippen LogP contribution in [0.15, 0.2) is 17.8 Å². The molecule has 1 N–H and O–H groups in total. The molecule has 0 atom stereocenters. The first-order valence-corrected chi connectivity index (χ1v) is 5.75. The molecule has 15 heavy (non-hydrogen) atoms. The smallest absolute Gasteiger partial charge is 0.182 e. The third-order valence-corrected chi connectivity index (χ3v) is 2.99. The van der Waals surface area contributed by atoms with Gasteiger partial charge in [0, 0.05) is 25.2 Å². The molecule has 0 unspecified atom stereocenters. The molecule has 4 nitrogen and oxygen atoms in total. The van der Waals surface area contributed by atoms with Crippen molar-refractivity contribution in [3.8, 4) is 0 Å². The second-order valence-corrected chi connectivity index (χ2v) is 4.35. The molecule has 0 radical (unpaired) electrons. The van der Waals surface area contributed by atoms with E-state index in [9.17, 15) is 0 Å². The third-order valence-electron chi connectivity index (χ3n) is 2.07. The normalized spacial score (nSPS) is 10.5. The van der Waals surface area contributed by atoms with E-state index in [2.05, 4.69) is 15.4 Å². The van der Waals surface area contributed by atoms with Crippen LogP contribution >= 0.6 is 11.3 Å². The zero-order valence-electron chi connectivity index (χ0n) is 8.90. The Kier molecular flexibility index (Phi) is 3.01. The van der Waals surface area contributed by atoms with Crippen LogP contribution in [0, 0.1) is 6.92 Å². The number of hydrogen-bond donors (Lipinski definition) is 1. The predicted molar refractivity (Wildman–Crippen MR) is 62.3 cm³/mol. The van der Waals surface area contributed by atoms with E-state index in [1.54, 1.807) is 11.3 Å². The fourth-order valence-corrected chi connectivity index (χ4v) is 2.07. The van der Waals surface area contributed by atoms with Gasteiger partial charge in [-0.2, -0.15) is 5.10 Å². The third kappa shape index (κ3) is 2.79. The van der Waals surface area contributed by atoms with Crippen molar-refractivity contribution in [3.05, 3.63) is 29.0 Å². The molecule has 2 aromatic heterocycles. The van der Waals surface area contributed by atoms with Crippen LogP contribution in [0.4, 0.5) is 5.13 Å². The quantitative estimate of drug-likeness (QED) is 0.858. The Hall–Kier alpha value is -1.36. The lowest BCUT2D eigenvalue weighted by Gasteiger charge is -1.99. The van der Waals surface area contributed by atoms with E-state index in [1.165, 1.54) is 5.56 Å². The second kappa shape index (κ2) is 4.44. The van der Waals surface area contributed by atoms with E-state index in [1.807, 2.05) is 36.4 Å². The lowest BCUT2D eigenvalue weighted by molar-refractivity contribution is 0.767. The SMILES string of the molecule is Cc1csc(NCCc2cnn(C)c2)n1. The predicted octanol–water partition coefficient (Wildman–Crippen LogP) is 1.84. The van der Waals surface area contributed by atoms with E-state index in [4.69, 9.17) is 0 Å². The van der Waals surface area contributed by atoms with Crippen LogP contribution in [-0.4, -0.2) is 21.3 Å². The van der Waals surface area contributed by atoms with Gasteiger partial charge in [-0.25, -0.2) is 4.98 Å². The first-order valence-electron chi connectivity index (χ1n) is 4.87. The highest BCUT2D eigenvalue weighted by Crippen LogP contribution is 2.14. The van der Waals surface area contributed by atoms with Gasteiger partial charge in [-0.1, -0.05) is 0 Å². The van der Waals surface area contributed by atoms with Crippen LogP contribution in [-0.2, 0) is 13.5 Å². The van der Waals surface area contributed by atoms with Crippen molar-refractivity contribution in [1.29, 1.82) is 0 Å². The molecule has 80 valence electrons. The van der Waals surface area contributed by atoms with E-state index < -0.39 is 0 Å². The molecule has 0 aliphatic heterocycles. The van der Waals surface area contributed by atoms with Gasteiger partial charge in [0.05, 0.1) is 11.9 Å². The van der Waals surface area contributed by atoms with E-state index in [0.717, 1.165) is 23.8 Å². The van der Waals surface area contributed by atoms with E-state index >= 15 is 0 Å². The average molecular weight is 222 g/mol. The molecule has 0 bridgehead atoms. The summed E-state index contributed by atoms with van der Waals surface area (Å²) in [6.07, 6.45) is 4.91. The van der Waals surface area contributed by atoms with Gasteiger partial charge in [-0.15, -0.1) is 11.3 Å². The highest BCUT2D eigenvalue weighted by atomic mass is 32.1. The summed E-state index contributed by atoms with van der Waals surface area (Å²) in [5, 5.41) is 10.5.